The van der Waals surface area contributed by atoms with Gasteiger partial charge in [0, 0.05) is 44.5 Å². The Labute approximate surface area is 189 Å². The normalized spacial score (nSPS) is 14.6. The van der Waals surface area contributed by atoms with Gasteiger partial charge in [-0.05, 0) is 48.1 Å². The van der Waals surface area contributed by atoms with Gasteiger partial charge in [-0.3, -0.25) is 4.79 Å². The van der Waals surface area contributed by atoms with Crippen molar-refractivity contribution in [3.63, 3.8) is 0 Å². The van der Waals surface area contributed by atoms with Crippen molar-refractivity contribution >= 4 is 50.3 Å². The number of carbonyl (C=O) groups is 1. The summed E-state index contributed by atoms with van der Waals surface area (Å²) in [6, 6.07) is 5.40. The van der Waals surface area contributed by atoms with Gasteiger partial charge in [0.25, 0.3) is 5.91 Å². The molecule has 0 saturated carbocycles. The Balaban J connectivity index is 1.60. The minimum Gasteiger partial charge on any atom is -0.495 e. The highest BCUT2D eigenvalue weighted by atomic mass is 79.9. The molecule has 1 aromatic carbocycles. The Kier molecular flexibility index (Phi) is 6.28. The van der Waals surface area contributed by atoms with Gasteiger partial charge in [0.15, 0.2) is 5.82 Å². The van der Waals surface area contributed by atoms with Crippen molar-refractivity contribution < 1.29 is 9.53 Å². The number of benzene rings is 1. The number of halogens is 1. The molecule has 2 aromatic heterocycles. The minimum absolute atomic E-state index is 0.0151. The van der Waals surface area contributed by atoms with Crippen molar-refractivity contribution in [2.45, 2.75) is 6.92 Å². The van der Waals surface area contributed by atoms with E-state index in [4.69, 9.17) is 4.74 Å². The van der Waals surface area contributed by atoms with Crippen LogP contribution in [-0.2, 0) is 0 Å². The third kappa shape index (κ3) is 4.45. The molecule has 4 rings (SSSR count). The predicted molar refractivity (Wildman–Crippen MR) is 125 cm³/mol. The van der Waals surface area contributed by atoms with Crippen LogP contribution in [0.4, 0.5) is 17.5 Å². The molecular weight excluding hydrogens is 462 g/mol. The lowest BCUT2D eigenvalue weighted by Gasteiger charge is -2.32. The Morgan fingerprint density at radius 1 is 1.26 bits per heavy atom. The van der Waals surface area contributed by atoms with Crippen LogP contribution in [0.1, 0.15) is 17.3 Å². The molecule has 3 N–H and O–H groups in total. The Morgan fingerprint density at radius 2 is 2.03 bits per heavy atom. The van der Waals surface area contributed by atoms with Gasteiger partial charge in [0.2, 0.25) is 5.95 Å². The van der Waals surface area contributed by atoms with Crippen molar-refractivity contribution in [1.29, 1.82) is 0 Å². The number of ether oxygens (including phenoxy) is 1. The average molecular weight is 488 g/mol. The Bertz CT molecular complexity index is 1090. The minimum atomic E-state index is 0.0151. The second-order valence-corrected chi connectivity index (χ2v) is 8.28. The quantitative estimate of drug-likeness (QED) is 0.490. The third-order valence-electron chi connectivity index (χ3n) is 5.31. The maximum atomic E-state index is 12.9. The standard InChI is InChI=1S/C21H26BrN7O2/c1-4-23-19-18-17(14(22)12-24-18)26-21(27-19)25-15-6-5-13(11-16(15)31-3)20(30)29-9-7-28(2)8-10-29/h5-6,11-12,24H,4,7-10H2,1-3H3,(H2,23,25,26,27). The summed E-state index contributed by atoms with van der Waals surface area (Å²) in [5.74, 6) is 1.71. The number of hydrogen-bond donors (Lipinski definition) is 3. The van der Waals surface area contributed by atoms with Crippen LogP contribution in [0.2, 0.25) is 0 Å². The first kappa shape index (κ1) is 21.4. The molecule has 31 heavy (non-hydrogen) atoms. The fourth-order valence-corrected chi connectivity index (χ4v) is 3.97. The number of nitrogens with zero attached hydrogens (tertiary/aromatic N) is 4. The van der Waals surface area contributed by atoms with Crippen molar-refractivity contribution in [2.24, 2.45) is 0 Å². The van der Waals surface area contributed by atoms with Crippen LogP contribution in [0.3, 0.4) is 0 Å². The van der Waals surface area contributed by atoms with E-state index in [1.165, 1.54) is 0 Å². The highest BCUT2D eigenvalue weighted by Gasteiger charge is 2.21. The number of H-pyrrole nitrogens is 1. The van der Waals surface area contributed by atoms with Gasteiger partial charge in [-0.25, -0.2) is 4.98 Å². The van der Waals surface area contributed by atoms with Crippen molar-refractivity contribution in [2.75, 3.05) is 57.5 Å². The average Bonchev–Trinajstić information content (AvgIpc) is 3.15. The molecule has 1 aliphatic heterocycles. The summed E-state index contributed by atoms with van der Waals surface area (Å²) in [6.07, 6.45) is 1.84. The molecule has 1 fully saturated rings. The fourth-order valence-electron chi connectivity index (χ4n) is 3.57. The van der Waals surface area contributed by atoms with Crippen LogP contribution < -0.4 is 15.4 Å². The van der Waals surface area contributed by atoms with E-state index in [1.54, 1.807) is 19.2 Å². The number of fused-ring (bicyclic) bond motifs is 1. The number of hydrogen-bond acceptors (Lipinski definition) is 7. The number of methoxy groups -OCH3 is 1. The molecule has 164 valence electrons. The molecule has 0 unspecified atom stereocenters. The van der Waals surface area contributed by atoms with E-state index < -0.39 is 0 Å². The largest absolute Gasteiger partial charge is 0.495 e. The van der Waals surface area contributed by atoms with Gasteiger partial charge in [-0.1, -0.05) is 0 Å². The Hall–Kier alpha value is -2.85. The lowest BCUT2D eigenvalue weighted by molar-refractivity contribution is 0.0664. The van der Waals surface area contributed by atoms with E-state index in [9.17, 15) is 4.79 Å². The lowest BCUT2D eigenvalue weighted by atomic mass is 10.1. The first-order chi connectivity index (χ1) is 15.0. The number of piperazine rings is 1. The van der Waals surface area contributed by atoms with E-state index in [-0.39, 0.29) is 5.91 Å². The summed E-state index contributed by atoms with van der Waals surface area (Å²) < 4.78 is 6.41. The van der Waals surface area contributed by atoms with Crippen LogP contribution in [0.25, 0.3) is 11.0 Å². The predicted octanol–water partition coefficient (Wildman–Crippen LogP) is 3.29. The van der Waals surface area contributed by atoms with Gasteiger partial charge in [-0.15, -0.1) is 0 Å². The first-order valence-corrected chi connectivity index (χ1v) is 11.0. The second kappa shape index (κ2) is 9.11. The highest BCUT2D eigenvalue weighted by Crippen LogP contribution is 2.31. The van der Waals surface area contributed by atoms with Gasteiger partial charge < -0.3 is 30.2 Å². The summed E-state index contributed by atoms with van der Waals surface area (Å²) in [6.45, 7) is 5.96. The van der Waals surface area contributed by atoms with Gasteiger partial charge >= 0.3 is 0 Å². The number of likely N-dealkylation sites (N-methyl/N-ethyl adjacent to an activating group) is 1. The lowest BCUT2D eigenvalue weighted by Crippen LogP contribution is -2.47. The number of aromatic amines is 1. The SMILES string of the molecule is CCNc1nc(Nc2ccc(C(=O)N3CCN(C)CC3)cc2OC)nc2c(Br)c[nH]c12. The summed E-state index contributed by atoms with van der Waals surface area (Å²) in [5.41, 5.74) is 2.89. The zero-order chi connectivity index (χ0) is 22.0. The van der Waals surface area contributed by atoms with E-state index in [0.717, 1.165) is 48.2 Å². The van der Waals surface area contributed by atoms with Crippen molar-refractivity contribution in [1.82, 2.24) is 24.8 Å². The van der Waals surface area contributed by atoms with Crippen molar-refractivity contribution in [3.05, 3.63) is 34.4 Å². The van der Waals surface area contributed by atoms with Crippen LogP contribution >= 0.6 is 15.9 Å². The van der Waals surface area contributed by atoms with E-state index >= 15 is 0 Å². The smallest absolute Gasteiger partial charge is 0.254 e. The number of rotatable bonds is 6. The molecule has 10 heteroatoms. The topological polar surface area (TPSA) is 98.4 Å². The van der Waals surface area contributed by atoms with Crippen LogP contribution in [0.5, 0.6) is 5.75 Å². The molecule has 1 aliphatic rings. The molecule has 0 aliphatic carbocycles. The maximum Gasteiger partial charge on any atom is 0.254 e. The molecule has 0 bridgehead atoms. The van der Waals surface area contributed by atoms with Crippen LogP contribution in [0.15, 0.2) is 28.9 Å². The molecule has 0 radical (unpaired) electrons. The molecule has 0 atom stereocenters. The molecule has 9 nitrogen and oxygen atoms in total. The summed E-state index contributed by atoms with van der Waals surface area (Å²) >= 11 is 3.52. The fraction of sp³-hybridized carbons (Fsp3) is 0.381. The number of carbonyl (C=O) groups excluding carboxylic acids is 1. The van der Waals surface area contributed by atoms with Gasteiger partial charge in [-0.2, -0.15) is 4.98 Å². The summed E-state index contributed by atoms with van der Waals surface area (Å²) in [7, 11) is 3.65. The molecule has 3 heterocycles. The molecular formula is C21H26BrN7O2. The monoisotopic (exact) mass is 487 g/mol. The maximum absolute atomic E-state index is 12.9. The number of nitrogens with one attached hydrogen (secondary N) is 3. The zero-order valence-corrected chi connectivity index (χ0v) is 19.4. The number of amides is 1. The molecule has 3 aromatic rings. The Morgan fingerprint density at radius 3 is 2.74 bits per heavy atom. The highest BCUT2D eigenvalue weighted by molar-refractivity contribution is 9.10. The number of aromatic nitrogens is 3. The first-order valence-electron chi connectivity index (χ1n) is 10.2. The third-order valence-corrected chi connectivity index (χ3v) is 5.91. The van der Waals surface area contributed by atoms with Crippen molar-refractivity contribution in [3.8, 4) is 5.75 Å². The second-order valence-electron chi connectivity index (χ2n) is 7.42. The summed E-state index contributed by atoms with van der Waals surface area (Å²) in [4.78, 5) is 29.4. The summed E-state index contributed by atoms with van der Waals surface area (Å²) in [5, 5.41) is 6.48. The van der Waals surface area contributed by atoms with E-state index in [0.29, 0.717) is 28.8 Å². The van der Waals surface area contributed by atoms with Gasteiger partial charge in [0.1, 0.15) is 16.8 Å². The molecule has 0 spiro atoms. The van der Waals surface area contributed by atoms with Gasteiger partial charge in [0.05, 0.1) is 17.3 Å². The zero-order valence-electron chi connectivity index (χ0n) is 17.8. The van der Waals surface area contributed by atoms with Crippen LogP contribution in [-0.4, -0.2) is 77.5 Å². The molecule has 1 saturated heterocycles. The number of anilines is 3. The van der Waals surface area contributed by atoms with Crippen LogP contribution in [0, 0.1) is 0 Å². The van der Waals surface area contributed by atoms with E-state index in [2.05, 4.69) is 53.5 Å². The molecule has 1 amide bonds. The van der Waals surface area contributed by atoms with E-state index in [1.807, 2.05) is 24.1 Å².